The van der Waals surface area contributed by atoms with E-state index < -0.39 is 0 Å². The lowest BCUT2D eigenvalue weighted by Crippen LogP contribution is -2.30. The summed E-state index contributed by atoms with van der Waals surface area (Å²) in [6.07, 6.45) is 4.32. The van der Waals surface area contributed by atoms with Crippen LogP contribution in [0.4, 0.5) is 0 Å². The molecular weight excluding hydrogens is 200 g/mol. The highest BCUT2D eigenvalue weighted by Crippen LogP contribution is 2.20. The average Bonchev–Trinajstić information content (AvgIpc) is 2.67. The van der Waals surface area contributed by atoms with E-state index in [1.165, 1.54) is 12.8 Å². The molecule has 0 saturated carbocycles. The smallest absolute Gasteiger partial charge is 0.137 e. The molecule has 0 aromatic carbocycles. The Balaban J connectivity index is 0.000000980. The molecule has 14 heavy (non-hydrogen) atoms. The maximum atomic E-state index is 4.18. The van der Waals surface area contributed by atoms with Crippen LogP contribution in [0.25, 0.3) is 0 Å². The number of nitrogens with one attached hydrogen (secondary N) is 1. The van der Waals surface area contributed by atoms with Crippen LogP contribution in [0.15, 0.2) is 6.33 Å². The SMILES string of the molecule is CCn1cnnc1C1CCCNC1.Cl. The van der Waals surface area contributed by atoms with Gasteiger partial charge in [-0.2, -0.15) is 0 Å². The molecular formula is C9H17ClN4. The fraction of sp³-hybridized carbons (Fsp3) is 0.778. The zero-order valence-electron chi connectivity index (χ0n) is 8.44. The van der Waals surface area contributed by atoms with Crippen molar-refractivity contribution in [1.82, 2.24) is 20.1 Å². The summed E-state index contributed by atoms with van der Waals surface area (Å²) >= 11 is 0. The Morgan fingerprint density at radius 1 is 1.64 bits per heavy atom. The summed E-state index contributed by atoms with van der Waals surface area (Å²) in [5.41, 5.74) is 0. The Hall–Kier alpha value is -0.610. The van der Waals surface area contributed by atoms with Gasteiger partial charge in [-0.25, -0.2) is 0 Å². The molecule has 1 atom stereocenters. The Bertz CT molecular complexity index is 268. The Morgan fingerprint density at radius 2 is 2.50 bits per heavy atom. The highest BCUT2D eigenvalue weighted by molar-refractivity contribution is 5.85. The minimum atomic E-state index is 0. The average molecular weight is 217 g/mol. The summed E-state index contributed by atoms with van der Waals surface area (Å²) in [6, 6.07) is 0. The van der Waals surface area contributed by atoms with E-state index in [2.05, 4.69) is 27.0 Å². The van der Waals surface area contributed by atoms with Gasteiger partial charge in [0, 0.05) is 19.0 Å². The van der Waals surface area contributed by atoms with Gasteiger partial charge in [-0.3, -0.25) is 0 Å². The zero-order chi connectivity index (χ0) is 9.10. The highest BCUT2D eigenvalue weighted by Gasteiger charge is 2.19. The Labute approximate surface area is 90.5 Å². The van der Waals surface area contributed by atoms with Crippen molar-refractivity contribution in [3.63, 3.8) is 0 Å². The Morgan fingerprint density at radius 3 is 3.14 bits per heavy atom. The molecule has 0 amide bonds. The molecule has 2 rings (SSSR count). The molecule has 0 spiro atoms. The van der Waals surface area contributed by atoms with Crippen molar-refractivity contribution in [3.8, 4) is 0 Å². The first-order chi connectivity index (χ1) is 6.42. The van der Waals surface area contributed by atoms with Crippen LogP contribution in [0, 0.1) is 0 Å². The van der Waals surface area contributed by atoms with E-state index in [0.29, 0.717) is 5.92 Å². The van der Waals surface area contributed by atoms with Gasteiger partial charge in [-0.15, -0.1) is 22.6 Å². The molecule has 1 aromatic heterocycles. The third kappa shape index (κ3) is 2.25. The molecule has 2 heterocycles. The molecule has 1 aromatic rings. The number of aryl methyl sites for hydroxylation is 1. The van der Waals surface area contributed by atoms with Crippen LogP contribution in [0.1, 0.15) is 31.5 Å². The normalized spacial score (nSPS) is 21.6. The van der Waals surface area contributed by atoms with Crippen LogP contribution >= 0.6 is 12.4 Å². The standard InChI is InChI=1S/C9H16N4.ClH/c1-2-13-7-11-12-9(13)8-4-3-5-10-6-8;/h7-8,10H,2-6H2,1H3;1H. The van der Waals surface area contributed by atoms with Gasteiger partial charge in [0.15, 0.2) is 0 Å². The zero-order valence-corrected chi connectivity index (χ0v) is 9.26. The molecule has 1 aliphatic rings. The highest BCUT2D eigenvalue weighted by atomic mass is 35.5. The molecule has 0 bridgehead atoms. The molecule has 1 aliphatic heterocycles. The molecule has 0 radical (unpaired) electrons. The van der Waals surface area contributed by atoms with E-state index in [1.807, 2.05) is 6.33 Å². The van der Waals surface area contributed by atoms with Crippen LogP contribution < -0.4 is 5.32 Å². The first-order valence-electron chi connectivity index (χ1n) is 5.00. The van der Waals surface area contributed by atoms with E-state index in [-0.39, 0.29) is 12.4 Å². The first-order valence-corrected chi connectivity index (χ1v) is 5.00. The largest absolute Gasteiger partial charge is 0.318 e. The van der Waals surface area contributed by atoms with Crippen molar-refractivity contribution in [1.29, 1.82) is 0 Å². The summed E-state index contributed by atoms with van der Waals surface area (Å²) in [4.78, 5) is 0. The molecule has 80 valence electrons. The van der Waals surface area contributed by atoms with Crippen LogP contribution in [0.3, 0.4) is 0 Å². The topological polar surface area (TPSA) is 42.7 Å². The molecule has 1 unspecified atom stereocenters. The van der Waals surface area contributed by atoms with Gasteiger partial charge in [0.25, 0.3) is 0 Å². The van der Waals surface area contributed by atoms with Gasteiger partial charge < -0.3 is 9.88 Å². The lowest BCUT2D eigenvalue weighted by atomic mass is 9.99. The van der Waals surface area contributed by atoms with Gasteiger partial charge in [0.05, 0.1) is 0 Å². The fourth-order valence-electron chi connectivity index (χ4n) is 1.90. The predicted octanol–water partition coefficient (Wildman–Crippen LogP) is 1.19. The summed E-state index contributed by atoms with van der Waals surface area (Å²) in [5.74, 6) is 1.71. The van der Waals surface area contributed by atoms with Crippen molar-refractivity contribution in [3.05, 3.63) is 12.2 Å². The number of nitrogens with zero attached hydrogens (tertiary/aromatic N) is 3. The summed E-state index contributed by atoms with van der Waals surface area (Å²) < 4.78 is 2.14. The minimum Gasteiger partial charge on any atom is -0.318 e. The van der Waals surface area contributed by atoms with Crippen molar-refractivity contribution in [2.24, 2.45) is 0 Å². The Kier molecular flexibility index (Phi) is 4.35. The second-order valence-corrected chi connectivity index (χ2v) is 3.52. The predicted molar refractivity (Wildman–Crippen MR) is 57.8 cm³/mol. The van der Waals surface area contributed by atoms with Crippen molar-refractivity contribution >= 4 is 12.4 Å². The number of hydrogen-bond acceptors (Lipinski definition) is 3. The summed E-state index contributed by atoms with van der Waals surface area (Å²) in [7, 11) is 0. The first kappa shape index (κ1) is 11.5. The van der Waals surface area contributed by atoms with Gasteiger partial charge in [-0.05, 0) is 26.3 Å². The second kappa shape index (κ2) is 5.32. The molecule has 1 N–H and O–H groups in total. The van der Waals surface area contributed by atoms with E-state index in [1.54, 1.807) is 0 Å². The maximum Gasteiger partial charge on any atom is 0.137 e. The number of hydrogen-bond donors (Lipinski definition) is 1. The lowest BCUT2D eigenvalue weighted by Gasteiger charge is -2.21. The molecule has 0 aliphatic carbocycles. The molecule has 1 fully saturated rings. The van der Waals surface area contributed by atoms with Crippen LogP contribution in [0.2, 0.25) is 0 Å². The number of aromatic nitrogens is 3. The van der Waals surface area contributed by atoms with Gasteiger partial charge in [-0.1, -0.05) is 0 Å². The molecule has 1 saturated heterocycles. The molecule has 5 heteroatoms. The van der Waals surface area contributed by atoms with Crippen LogP contribution in [0.5, 0.6) is 0 Å². The van der Waals surface area contributed by atoms with E-state index in [0.717, 1.165) is 25.5 Å². The lowest BCUT2D eigenvalue weighted by molar-refractivity contribution is 0.433. The number of piperidine rings is 1. The maximum absolute atomic E-state index is 4.18. The van der Waals surface area contributed by atoms with E-state index in [4.69, 9.17) is 0 Å². The van der Waals surface area contributed by atoms with E-state index >= 15 is 0 Å². The fourth-order valence-corrected chi connectivity index (χ4v) is 1.90. The number of rotatable bonds is 2. The summed E-state index contributed by atoms with van der Waals surface area (Å²) in [5, 5.41) is 11.5. The third-order valence-corrected chi connectivity index (χ3v) is 2.65. The van der Waals surface area contributed by atoms with Crippen molar-refractivity contribution in [2.45, 2.75) is 32.2 Å². The van der Waals surface area contributed by atoms with E-state index in [9.17, 15) is 0 Å². The third-order valence-electron chi connectivity index (χ3n) is 2.65. The quantitative estimate of drug-likeness (QED) is 0.808. The minimum absolute atomic E-state index is 0. The van der Waals surface area contributed by atoms with Gasteiger partial charge in [0.2, 0.25) is 0 Å². The van der Waals surface area contributed by atoms with Crippen LogP contribution in [-0.4, -0.2) is 27.9 Å². The van der Waals surface area contributed by atoms with Crippen LogP contribution in [-0.2, 0) is 6.54 Å². The van der Waals surface area contributed by atoms with Crippen molar-refractivity contribution in [2.75, 3.05) is 13.1 Å². The van der Waals surface area contributed by atoms with Crippen molar-refractivity contribution < 1.29 is 0 Å². The monoisotopic (exact) mass is 216 g/mol. The number of halogens is 1. The second-order valence-electron chi connectivity index (χ2n) is 3.52. The summed E-state index contributed by atoms with van der Waals surface area (Å²) in [6.45, 7) is 5.30. The molecule has 4 nitrogen and oxygen atoms in total. The van der Waals surface area contributed by atoms with Gasteiger partial charge in [0.1, 0.15) is 12.2 Å². The van der Waals surface area contributed by atoms with Gasteiger partial charge >= 0.3 is 0 Å².